The Balaban J connectivity index is 1.62. The lowest BCUT2D eigenvalue weighted by atomic mass is 9.87. The molecule has 2 heterocycles. The van der Waals surface area contributed by atoms with E-state index in [4.69, 9.17) is 0 Å². The molecule has 8 heteroatoms. The maximum absolute atomic E-state index is 13.1. The van der Waals surface area contributed by atoms with E-state index in [0.29, 0.717) is 30.8 Å². The molecule has 1 aromatic carbocycles. The summed E-state index contributed by atoms with van der Waals surface area (Å²) in [7, 11) is -3.50. The van der Waals surface area contributed by atoms with Gasteiger partial charge in [-0.15, -0.1) is 11.8 Å². The van der Waals surface area contributed by atoms with E-state index < -0.39 is 10.0 Å². The second kappa shape index (κ2) is 8.81. The average Bonchev–Trinajstić information content (AvgIpc) is 3.11. The molecule has 2 saturated heterocycles. The van der Waals surface area contributed by atoms with E-state index in [0.717, 1.165) is 17.7 Å². The molecule has 0 aromatic heterocycles. The molecule has 1 aromatic rings. The summed E-state index contributed by atoms with van der Waals surface area (Å²) < 4.78 is 27.8. The van der Waals surface area contributed by atoms with Gasteiger partial charge in [0.15, 0.2) is 0 Å². The number of hydrogen-bond acceptors (Lipinski definition) is 5. The number of carbonyl (C=O) groups is 1. The van der Waals surface area contributed by atoms with Crippen molar-refractivity contribution in [1.82, 2.24) is 14.9 Å². The Morgan fingerprint density at radius 1 is 1.27 bits per heavy atom. The second-order valence-electron chi connectivity index (χ2n) is 9.50. The average molecular weight is 454 g/mol. The first kappa shape index (κ1) is 23.6. The predicted molar refractivity (Wildman–Crippen MR) is 123 cm³/mol. The normalized spacial score (nSPS) is 23.4. The zero-order chi connectivity index (χ0) is 22.2. The minimum Gasteiger partial charge on any atom is -0.352 e. The number of rotatable bonds is 5. The van der Waals surface area contributed by atoms with Crippen LogP contribution in [-0.4, -0.2) is 54.4 Å². The summed E-state index contributed by atoms with van der Waals surface area (Å²) in [5.41, 5.74) is 1.11. The van der Waals surface area contributed by atoms with Crippen LogP contribution in [0.4, 0.5) is 0 Å². The van der Waals surface area contributed by atoms with Gasteiger partial charge in [-0.25, -0.2) is 8.42 Å². The fourth-order valence-electron chi connectivity index (χ4n) is 3.88. The maximum Gasteiger partial charge on any atom is 0.243 e. The Morgan fingerprint density at radius 2 is 1.87 bits per heavy atom. The molecule has 0 aliphatic carbocycles. The minimum atomic E-state index is -3.50. The van der Waals surface area contributed by atoms with Crippen molar-refractivity contribution >= 4 is 27.7 Å². The number of hydrogen-bond donors (Lipinski definition) is 2. The van der Waals surface area contributed by atoms with Crippen LogP contribution in [0, 0.1) is 0 Å². The van der Waals surface area contributed by atoms with E-state index in [2.05, 4.69) is 38.3 Å². The largest absolute Gasteiger partial charge is 0.352 e. The van der Waals surface area contributed by atoms with Crippen LogP contribution in [0.15, 0.2) is 29.2 Å². The number of piperidine rings is 1. The monoisotopic (exact) mass is 453 g/mol. The molecule has 3 rings (SSSR count). The highest BCUT2D eigenvalue weighted by Crippen LogP contribution is 2.40. The number of amides is 1. The van der Waals surface area contributed by atoms with Crippen molar-refractivity contribution in [3.05, 3.63) is 29.8 Å². The Bertz CT molecular complexity index is 855. The van der Waals surface area contributed by atoms with Crippen molar-refractivity contribution in [2.45, 2.75) is 81.1 Å². The number of thioether (sulfide) groups is 1. The SMILES string of the molecule is CCC(C)NC(=O)C1CSC2(CCN(S(=O)(=O)c3ccc(C(C)(C)C)cc3)CC2)N1. The maximum atomic E-state index is 13.1. The molecule has 1 spiro atoms. The van der Waals surface area contributed by atoms with E-state index >= 15 is 0 Å². The van der Waals surface area contributed by atoms with Gasteiger partial charge in [-0.3, -0.25) is 10.1 Å². The first-order valence-corrected chi connectivity index (χ1v) is 13.2. The summed E-state index contributed by atoms with van der Waals surface area (Å²) in [5, 5.41) is 6.54. The summed E-state index contributed by atoms with van der Waals surface area (Å²) in [4.78, 5) is 12.6. The molecule has 6 nitrogen and oxygen atoms in total. The molecule has 0 bridgehead atoms. The van der Waals surface area contributed by atoms with Crippen LogP contribution in [0.3, 0.4) is 0 Å². The highest BCUT2D eigenvalue weighted by Gasteiger charge is 2.45. The van der Waals surface area contributed by atoms with Crippen LogP contribution in [-0.2, 0) is 20.2 Å². The minimum absolute atomic E-state index is 0.0110. The van der Waals surface area contributed by atoms with Crippen LogP contribution >= 0.6 is 11.8 Å². The number of nitrogens with one attached hydrogen (secondary N) is 2. The molecule has 30 heavy (non-hydrogen) atoms. The lowest BCUT2D eigenvalue weighted by Crippen LogP contribution is -2.55. The summed E-state index contributed by atoms with van der Waals surface area (Å²) in [6, 6.07) is 7.21. The number of benzene rings is 1. The highest BCUT2D eigenvalue weighted by molar-refractivity contribution is 8.01. The molecule has 168 valence electrons. The lowest BCUT2D eigenvalue weighted by molar-refractivity contribution is -0.123. The third-order valence-corrected chi connectivity index (χ3v) is 9.66. The Kier molecular flexibility index (Phi) is 6.92. The summed E-state index contributed by atoms with van der Waals surface area (Å²) in [6.07, 6.45) is 2.30. The van der Waals surface area contributed by atoms with Crippen molar-refractivity contribution < 1.29 is 13.2 Å². The molecular formula is C22H35N3O3S2. The smallest absolute Gasteiger partial charge is 0.243 e. The van der Waals surface area contributed by atoms with Crippen LogP contribution in [0.25, 0.3) is 0 Å². The van der Waals surface area contributed by atoms with Crippen LogP contribution in [0.2, 0.25) is 0 Å². The van der Waals surface area contributed by atoms with Crippen molar-refractivity contribution in [2.24, 2.45) is 0 Å². The van der Waals surface area contributed by atoms with Crippen molar-refractivity contribution in [3.8, 4) is 0 Å². The topological polar surface area (TPSA) is 78.5 Å². The zero-order valence-corrected chi connectivity index (χ0v) is 20.3. The van der Waals surface area contributed by atoms with E-state index in [9.17, 15) is 13.2 Å². The quantitative estimate of drug-likeness (QED) is 0.716. The summed E-state index contributed by atoms with van der Waals surface area (Å²) in [6.45, 7) is 11.3. The number of carbonyl (C=O) groups excluding carboxylic acids is 1. The van der Waals surface area contributed by atoms with Gasteiger partial charge in [0.25, 0.3) is 0 Å². The molecule has 0 saturated carbocycles. The van der Waals surface area contributed by atoms with Crippen LogP contribution in [0.5, 0.6) is 0 Å². The zero-order valence-electron chi connectivity index (χ0n) is 18.7. The predicted octanol–water partition coefficient (Wildman–Crippen LogP) is 3.08. The van der Waals surface area contributed by atoms with Gasteiger partial charge in [0, 0.05) is 24.9 Å². The number of nitrogens with zero attached hydrogens (tertiary/aromatic N) is 1. The van der Waals surface area contributed by atoms with Crippen molar-refractivity contribution in [2.75, 3.05) is 18.8 Å². The third-order valence-electron chi connectivity index (χ3n) is 6.17. The molecule has 1 amide bonds. The lowest BCUT2D eigenvalue weighted by Gasteiger charge is -2.38. The summed E-state index contributed by atoms with van der Waals surface area (Å²) in [5.74, 6) is 0.770. The molecule has 2 atom stereocenters. The van der Waals surface area contributed by atoms with E-state index in [-0.39, 0.29) is 28.3 Å². The van der Waals surface area contributed by atoms with Gasteiger partial charge in [-0.05, 0) is 49.3 Å². The summed E-state index contributed by atoms with van der Waals surface area (Å²) >= 11 is 1.76. The standard InChI is InChI=1S/C22H35N3O3S2/c1-6-16(2)23-20(26)19-15-29-22(24-19)11-13-25(14-12-22)30(27,28)18-9-7-17(8-10-18)21(3,4)5/h7-10,16,19,24H,6,11-15H2,1-5H3,(H,23,26). The molecule has 2 unspecified atom stereocenters. The second-order valence-corrected chi connectivity index (χ2v) is 12.8. The van der Waals surface area contributed by atoms with Crippen molar-refractivity contribution in [1.29, 1.82) is 0 Å². The molecule has 2 fully saturated rings. The number of sulfonamides is 1. The first-order chi connectivity index (χ1) is 14.0. The molecule has 2 N–H and O–H groups in total. The van der Waals surface area contributed by atoms with Gasteiger partial charge in [0.05, 0.1) is 15.8 Å². The highest BCUT2D eigenvalue weighted by atomic mass is 32.2. The van der Waals surface area contributed by atoms with Crippen LogP contribution in [0.1, 0.15) is 59.4 Å². The van der Waals surface area contributed by atoms with E-state index in [1.165, 1.54) is 0 Å². The Morgan fingerprint density at radius 3 is 2.40 bits per heavy atom. The molecule has 2 aliphatic heterocycles. The first-order valence-electron chi connectivity index (χ1n) is 10.8. The van der Waals surface area contributed by atoms with Gasteiger partial charge >= 0.3 is 0 Å². The van der Waals surface area contributed by atoms with Gasteiger partial charge in [0.1, 0.15) is 0 Å². The molecule has 2 aliphatic rings. The third kappa shape index (κ3) is 5.03. The van der Waals surface area contributed by atoms with Gasteiger partial charge in [-0.2, -0.15) is 4.31 Å². The van der Waals surface area contributed by atoms with Crippen molar-refractivity contribution in [3.63, 3.8) is 0 Å². The Hall–Kier alpha value is -1.09. The van der Waals surface area contributed by atoms with Gasteiger partial charge in [-0.1, -0.05) is 39.8 Å². The van der Waals surface area contributed by atoms with E-state index in [1.807, 2.05) is 19.1 Å². The molecule has 0 radical (unpaired) electrons. The van der Waals surface area contributed by atoms with E-state index in [1.54, 1.807) is 28.2 Å². The fraction of sp³-hybridized carbons (Fsp3) is 0.682. The fourth-order valence-corrected chi connectivity index (χ4v) is 6.74. The Labute approximate surface area is 185 Å². The van der Waals surface area contributed by atoms with Gasteiger partial charge < -0.3 is 5.32 Å². The van der Waals surface area contributed by atoms with Crippen LogP contribution < -0.4 is 10.6 Å². The van der Waals surface area contributed by atoms with Gasteiger partial charge in [0.2, 0.25) is 15.9 Å². The molecular weight excluding hydrogens is 418 g/mol.